The van der Waals surface area contributed by atoms with E-state index in [0.717, 1.165) is 22.9 Å². The van der Waals surface area contributed by atoms with Crippen molar-refractivity contribution in [3.63, 3.8) is 0 Å². The number of carbonyl (C=O) groups is 1. The molecule has 28 heavy (non-hydrogen) atoms. The maximum absolute atomic E-state index is 13.0. The number of aryl methyl sites for hydroxylation is 2. The van der Waals surface area contributed by atoms with Gasteiger partial charge in [0.05, 0.1) is 16.8 Å². The van der Waals surface area contributed by atoms with Gasteiger partial charge < -0.3 is 10.6 Å². The molecule has 0 aliphatic carbocycles. The molecule has 2 aromatic carbocycles. The Balaban J connectivity index is 1.74. The van der Waals surface area contributed by atoms with Gasteiger partial charge in [-0.1, -0.05) is 29.8 Å². The first-order valence-electron chi connectivity index (χ1n) is 8.38. The molecule has 3 rings (SSSR count). The Hall–Kier alpha value is -3.42. The quantitative estimate of drug-likeness (QED) is 0.654. The van der Waals surface area contributed by atoms with Crippen LogP contribution in [0.2, 0.25) is 0 Å². The number of anilines is 3. The number of rotatable bonds is 4. The number of nitrogens with zero attached hydrogens (tertiary/aromatic N) is 2. The second kappa shape index (κ2) is 7.67. The lowest BCUT2D eigenvalue weighted by Gasteiger charge is -2.13. The monoisotopic (exact) mass is 386 g/mol. The summed E-state index contributed by atoms with van der Waals surface area (Å²) >= 11 is 0. The summed E-state index contributed by atoms with van der Waals surface area (Å²) in [5.74, 6) is -0.450. The summed E-state index contributed by atoms with van der Waals surface area (Å²) in [6.07, 6.45) is -2.06. The maximum atomic E-state index is 13.0. The highest BCUT2D eigenvalue weighted by atomic mass is 19.4. The molecule has 8 heteroatoms. The first-order chi connectivity index (χ1) is 13.2. The molecule has 144 valence electrons. The molecule has 1 heterocycles. The van der Waals surface area contributed by atoms with E-state index >= 15 is 0 Å². The topological polar surface area (TPSA) is 66.9 Å². The lowest BCUT2D eigenvalue weighted by atomic mass is 10.1. The molecule has 5 nitrogen and oxygen atoms in total. The standard InChI is InChI=1S/C20H17F3N4O/c1-12-7-8-16(13(2)9-12)27-19-24-10-14(11-25-19)18(28)26-17-6-4-3-5-15(17)20(21,22)23/h3-11H,1-2H3,(H,26,28)(H,24,25,27). The molecule has 0 unspecified atom stereocenters. The first-order valence-corrected chi connectivity index (χ1v) is 8.38. The van der Waals surface area contributed by atoms with Gasteiger partial charge in [-0.05, 0) is 37.6 Å². The van der Waals surface area contributed by atoms with E-state index in [9.17, 15) is 18.0 Å². The van der Waals surface area contributed by atoms with E-state index < -0.39 is 17.6 Å². The molecule has 0 atom stereocenters. The highest BCUT2D eigenvalue weighted by Crippen LogP contribution is 2.34. The van der Waals surface area contributed by atoms with E-state index in [-0.39, 0.29) is 17.2 Å². The molecule has 0 saturated heterocycles. The van der Waals surface area contributed by atoms with Crippen LogP contribution in [0.5, 0.6) is 0 Å². The van der Waals surface area contributed by atoms with Gasteiger partial charge >= 0.3 is 6.18 Å². The number of nitrogens with one attached hydrogen (secondary N) is 2. The third-order valence-electron chi connectivity index (χ3n) is 4.02. The Morgan fingerprint density at radius 3 is 2.29 bits per heavy atom. The zero-order valence-corrected chi connectivity index (χ0v) is 15.1. The SMILES string of the molecule is Cc1ccc(Nc2ncc(C(=O)Nc3ccccc3C(F)(F)F)cn2)c(C)c1. The number of benzene rings is 2. The fourth-order valence-corrected chi connectivity index (χ4v) is 2.62. The van der Waals surface area contributed by atoms with Gasteiger partial charge in [0, 0.05) is 18.1 Å². The molecule has 0 aliphatic rings. The predicted octanol–water partition coefficient (Wildman–Crippen LogP) is 5.11. The van der Waals surface area contributed by atoms with E-state index in [4.69, 9.17) is 0 Å². The van der Waals surface area contributed by atoms with Crippen LogP contribution in [0.4, 0.5) is 30.5 Å². The van der Waals surface area contributed by atoms with Gasteiger partial charge in [-0.3, -0.25) is 4.79 Å². The molecule has 0 spiro atoms. The minimum absolute atomic E-state index is 0.0446. The molecular formula is C20H17F3N4O. The highest BCUT2D eigenvalue weighted by Gasteiger charge is 2.33. The Morgan fingerprint density at radius 2 is 1.64 bits per heavy atom. The van der Waals surface area contributed by atoms with Crippen molar-refractivity contribution >= 4 is 23.2 Å². The maximum Gasteiger partial charge on any atom is 0.418 e. The van der Waals surface area contributed by atoms with Gasteiger partial charge in [0.15, 0.2) is 0 Å². The molecule has 1 aromatic heterocycles. The third-order valence-corrected chi connectivity index (χ3v) is 4.02. The summed E-state index contributed by atoms with van der Waals surface area (Å²) in [4.78, 5) is 20.4. The first kappa shape index (κ1) is 19.3. The molecule has 0 bridgehead atoms. The van der Waals surface area contributed by atoms with Crippen molar-refractivity contribution in [1.29, 1.82) is 0 Å². The Morgan fingerprint density at radius 1 is 0.964 bits per heavy atom. The van der Waals surface area contributed by atoms with E-state index in [0.29, 0.717) is 0 Å². The summed E-state index contributed by atoms with van der Waals surface area (Å²) in [5.41, 5.74) is 1.75. The van der Waals surface area contributed by atoms with E-state index in [2.05, 4.69) is 20.6 Å². The summed E-state index contributed by atoms with van der Waals surface area (Å²) < 4.78 is 39.1. The second-order valence-corrected chi connectivity index (χ2v) is 6.24. The molecule has 1 amide bonds. The van der Waals surface area contributed by atoms with Crippen molar-refractivity contribution in [2.24, 2.45) is 0 Å². The van der Waals surface area contributed by atoms with Gasteiger partial charge in [0.2, 0.25) is 5.95 Å². The normalized spacial score (nSPS) is 11.2. The van der Waals surface area contributed by atoms with Gasteiger partial charge in [-0.2, -0.15) is 13.2 Å². The molecule has 0 radical (unpaired) electrons. The summed E-state index contributed by atoms with van der Waals surface area (Å²) in [7, 11) is 0. The van der Waals surface area contributed by atoms with Gasteiger partial charge in [0.25, 0.3) is 5.91 Å². The predicted molar refractivity (Wildman–Crippen MR) is 101 cm³/mol. The van der Waals surface area contributed by atoms with Crippen LogP contribution in [-0.2, 0) is 6.18 Å². The second-order valence-electron chi connectivity index (χ2n) is 6.24. The van der Waals surface area contributed by atoms with Crippen LogP contribution in [0.15, 0.2) is 54.9 Å². The van der Waals surface area contributed by atoms with Crippen molar-refractivity contribution < 1.29 is 18.0 Å². The van der Waals surface area contributed by atoms with Crippen LogP contribution in [0.3, 0.4) is 0 Å². The summed E-state index contributed by atoms with van der Waals surface area (Å²) in [6, 6.07) is 10.6. The van der Waals surface area contributed by atoms with Crippen LogP contribution in [0.1, 0.15) is 27.0 Å². The number of para-hydroxylation sites is 1. The average molecular weight is 386 g/mol. The van der Waals surface area contributed by atoms with Crippen molar-refractivity contribution in [3.05, 3.63) is 77.1 Å². The summed E-state index contributed by atoms with van der Waals surface area (Å²) in [5, 5.41) is 5.30. The van der Waals surface area contributed by atoms with Crippen LogP contribution < -0.4 is 10.6 Å². The molecule has 3 aromatic rings. The minimum atomic E-state index is -4.57. The number of halogens is 3. The van der Waals surface area contributed by atoms with Crippen LogP contribution in [0.25, 0.3) is 0 Å². The number of carbonyl (C=O) groups excluding carboxylic acids is 1. The average Bonchev–Trinajstić information content (AvgIpc) is 2.64. The smallest absolute Gasteiger partial charge is 0.324 e. The lowest BCUT2D eigenvalue weighted by molar-refractivity contribution is -0.136. The van der Waals surface area contributed by atoms with Crippen LogP contribution in [-0.4, -0.2) is 15.9 Å². The highest BCUT2D eigenvalue weighted by molar-refractivity contribution is 6.04. The Kier molecular flexibility index (Phi) is 5.30. The number of alkyl halides is 3. The minimum Gasteiger partial charge on any atom is -0.324 e. The molecule has 0 aliphatic heterocycles. The van der Waals surface area contributed by atoms with E-state index in [1.807, 2.05) is 32.0 Å². The van der Waals surface area contributed by atoms with Gasteiger partial charge in [-0.25, -0.2) is 9.97 Å². The van der Waals surface area contributed by atoms with Crippen LogP contribution >= 0.6 is 0 Å². The van der Waals surface area contributed by atoms with Crippen molar-refractivity contribution in [3.8, 4) is 0 Å². The Bertz CT molecular complexity index is 1000. The number of amides is 1. The van der Waals surface area contributed by atoms with Gasteiger partial charge in [0.1, 0.15) is 0 Å². The molecule has 0 fully saturated rings. The molecule has 0 saturated carbocycles. The Labute approximate surface area is 159 Å². The molecule has 2 N–H and O–H groups in total. The van der Waals surface area contributed by atoms with Crippen molar-refractivity contribution in [1.82, 2.24) is 9.97 Å². The van der Waals surface area contributed by atoms with Crippen LogP contribution in [0, 0.1) is 13.8 Å². The molecular weight excluding hydrogens is 369 g/mol. The van der Waals surface area contributed by atoms with E-state index in [1.165, 1.54) is 30.6 Å². The number of hydrogen-bond acceptors (Lipinski definition) is 4. The van der Waals surface area contributed by atoms with Crippen molar-refractivity contribution in [2.75, 3.05) is 10.6 Å². The number of hydrogen-bond donors (Lipinski definition) is 2. The zero-order valence-electron chi connectivity index (χ0n) is 15.1. The lowest BCUT2D eigenvalue weighted by Crippen LogP contribution is -2.17. The number of aromatic nitrogens is 2. The van der Waals surface area contributed by atoms with E-state index in [1.54, 1.807) is 0 Å². The summed E-state index contributed by atoms with van der Waals surface area (Å²) in [6.45, 7) is 3.92. The van der Waals surface area contributed by atoms with Gasteiger partial charge in [-0.15, -0.1) is 0 Å². The fourth-order valence-electron chi connectivity index (χ4n) is 2.62. The van der Waals surface area contributed by atoms with Crippen molar-refractivity contribution in [2.45, 2.75) is 20.0 Å². The zero-order chi connectivity index (χ0) is 20.3. The third kappa shape index (κ3) is 4.46. The fraction of sp³-hybridized carbons (Fsp3) is 0.150. The largest absolute Gasteiger partial charge is 0.418 e.